The highest BCUT2D eigenvalue weighted by Crippen LogP contribution is 2.41. The number of nitrogens with one attached hydrogen (secondary N) is 1. The molecule has 2 amide bonds. The molecule has 0 aliphatic carbocycles. The Balaban J connectivity index is 1.25. The maximum atomic E-state index is 13.7. The number of alkyl halides is 1. The van der Waals surface area contributed by atoms with Gasteiger partial charge in [0, 0.05) is 53.6 Å². The predicted molar refractivity (Wildman–Crippen MR) is 155 cm³/mol. The highest BCUT2D eigenvalue weighted by molar-refractivity contribution is 7.15. The van der Waals surface area contributed by atoms with Crippen molar-refractivity contribution in [3.8, 4) is 17.6 Å². The predicted octanol–water partition coefficient (Wildman–Crippen LogP) is 4.60. The normalized spacial score (nSPS) is 17.4. The third-order valence-corrected chi connectivity index (χ3v) is 8.22. The first-order valence-electron chi connectivity index (χ1n) is 13.2. The third-order valence-electron chi connectivity index (χ3n) is 6.98. The Hall–Kier alpha value is -3.47. The van der Waals surface area contributed by atoms with Gasteiger partial charge in [-0.2, -0.15) is 4.98 Å². The number of halogens is 2. The van der Waals surface area contributed by atoms with Crippen LogP contribution in [0, 0.1) is 11.8 Å². The van der Waals surface area contributed by atoms with Crippen LogP contribution in [0.4, 0.5) is 32.3 Å². The number of hydrogen-bond acceptors (Lipinski definition) is 9. The number of carbonyl (C=O) groups is 1. The van der Waals surface area contributed by atoms with Crippen molar-refractivity contribution in [3.63, 3.8) is 0 Å². The van der Waals surface area contributed by atoms with Gasteiger partial charge in [0.1, 0.15) is 35.8 Å². The Bertz CT molecular complexity index is 1490. The fraction of sp³-hybridized carbons (Fsp3) is 0.393. The molecule has 10 nitrogen and oxygen atoms in total. The van der Waals surface area contributed by atoms with E-state index in [1.165, 1.54) is 21.1 Å². The maximum absolute atomic E-state index is 13.7. The Morgan fingerprint density at radius 3 is 2.90 bits per heavy atom. The Morgan fingerprint density at radius 2 is 2.05 bits per heavy atom. The lowest BCUT2D eigenvalue weighted by atomic mass is 10.1. The number of anilines is 4. The zero-order chi connectivity index (χ0) is 28.2. The number of urea groups is 1. The summed E-state index contributed by atoms with van der Waals surface area (Å²) in [6.45, 7) is 4.63. The van der Waals surface area contributed by atoms with Crippen LogP contribution >= 0.6 is 22.9 Å². The molecule has 0 spiro atoms. The number of amides is 2. The molecule has 2 aromatic heterocycles. The third kappa shape index (κ3) is 6.10. The van der Waals surface area contributed by atoms with Crippen LogP contribution in [0.1, 0.15) is 16.7 Å². The van der Waals surface area contributed by atoms with Gasteiger partial charge in [-0.25, -0.2) is 14.2 Å². The van der Waals surface area contributed by atoms with E-state index in [1.807, 2.05) is 18.2 Å². The zero-order valence-electron chi connectivity index (χ0n) is 22.2. The highest BCUT2D eigenvalue weighted by Gasteiger charge is 2.35. The number of carbonyl (C=O) groups excluding carboxylic acids is 1. The molecule has 0 saturated carbocycles. The van der Waals surface area contributed by atoms with Crippen molar-refractivity contribution in [1.29, 1.82) is 0 Å². The van der Waals surface area contributed by atoms with Gasteiger partial charge in [-0.15, -0.1) is 11.3 Å². The molecule has 0 atom stereocenters. The van der Waals surface area contributed by atoms with E-state index >= 15 is 0 Å². The molecule has 1 N–H and O–H groups in total. The first-order valence-corrected chi connectivity index (χ1v) is 14.5. The first-order chi connectivity index (χ1) is 20.1. The number of thiophene rings is 1. The van der Waals surface area contributed by atoms with Crippen LogP contribution in [0.25, 0.3) is 0 Å². The highest BCUT2D eigenvalue weighted by atomic mass is 35.5. The van der Waals surface area contributed by atoms with Gasteiger partial charge in [0.15, 0.2) is 0 Å². The maximum Gasteiger partial charge on any atom is 0.331 e. The molecule has 13 heteroatoms. The zero-order valence-corrected chi connectivity index (χ0v) is 23.8. The molecule has 6 rings (SSSR count). The van der Waals surface area contributed by atoms with Crippen molar-refractivity contribution < 1.29 is 23.4 Å². The molecule has 1 fully saturated rings. The summed E-state index contributed by atoms with van der Waals surface area (Å²) >= 11 is 7.57. The molecular formula is C28H28ClFN6O4S. The monoisotopic (exact) mass is 598 g/mol. The molecule has 5 heterocycles. The Labute approximate surface area is 246 Å². The number of ether oxygens (including phenoxy) is 3. The summed E-state index contributed by atoms with van der Waals surface area (Å²) < 4.78 is 31.4. The lowest BCUT2D eigenvalue weighted by Gasteiger charge is -2.35. The SMILES string of the molecule is O=C1N2CC#CCOCc3cc(ccc3OCCN3CCOCC3)Nc3ncc(c2n3)CN1c1c(CF)csc1Cl. The minimum absolute atomic E-state index is 0.0655. The van der Waals surface area contributed by atoms with Crippen LogP contribution in [-0.2, 0) is 29.3 Å². The van der Waals surface area contributed by atoms with E-state index < -0.39 is 6.67 Å². The average Bonchev–Trinajstić information content (AvgIpc) is 3.36. The molecular weight excluding hydrogens is 571 g/mol. The fourth-order valence-corrected chi connectivity index (χ4v) is 6.01. The number of rotatable bonds is 6. The Kier molecular flexibility index (Phi) is 8.50. The molecule has 4 bridgehead atoms. The second-order valence-electron chi connectivity index (χ2n) is 9.61. The second kappa shape index (κ2) is 12.6. The van der Waals surface area contributed by atoms with E-state index in [9.17, 15) is 9.18 Å². The molecule has 3 aromatic rings. The van der Waals surface area contributed by atoms with Crippen LogP contribution in [-0.4, -0.2) is 73.5 Å². The van der Waals surface area contributed by atoms with Gasteiger partial charge >= 0.3 is 6.03 Å². The van der Waals surface area contributed by atoms with E-state index in [1.54, 1.807) is 11.6 Å². The largest absolute Gasteiger partial charge is 0.492 e. The van der Waals surface area contributed by atoms with Gasteiger partial charge in [0.25, 0.3) is 0 Å². The summed E-state index contributed by atoms with van der Waals surface area (Å²) in [5, 5.41) is 4.86. The quantitative estimate of drug-likeness (QED) is 0.412. The molecule has 0 unspecified atom stereocenters. The summed E-state index contributed by atoms with van der Waals surface area (Å²) in [7, 11) is 0. The molecule has 41 heavy (non-hydrogen) atoms. The summed E-state index contributed by atoms with van der Waals surface area (Å²) in [5.41, 5.74) is 3.05. The van der Waals surface area contributed by atoms with Crippen molar-refractivity contribution in [2.24, 2.45) is 0 Å². The van der Waals surface area contributed by atoms with E-state index in [0.717, 1.165) is 49.8 Å². The standard InChI is InChI=1S/C28H28ClFN6O4S/c29-25-24(20(14-30)18-41-25)36-16-21-15-31-27-32-22-3-4-23(40-12-8-34-6-10-38-11-7-34)19(13-22)17-39-9-2-1-5-35(28(36)37)26(21)33-27/h3-4,13,15,18H,5-12,14,16-17H2,(H,31,32,33). The number of aromatic nitrogens is 2. The number of nitrogens with zero attached hydrogens (tertiary/aromatic N) is 5. The van der Waals surface area contributed by atoms with Crippen molar-refractivity contribution in [2.45, 2.75) is 19.8 Å². The van der Waals surface area contributed by atoms with Crippen LogP contribution in [0.15, 0.2) is 29.8 Å². The van der Waals surface area contributed by atoms with Gasteiger partial charge in [-0.3, -0.25) is 14.7 Å². The molecule has 1 saturated heterocycles. The van der Waals surface area contributed by atoms with Gasteiger partial charge in [-0.05, 0) is 18.2 Å². The second-order valence-corrected chi connectivity index (χ2v) is 11.1. The number of morpholine rings is 1. The van der Waals surface area contributed by atoms with Crippen molar-refractivity contribution >= 4 is 52.1 Å². The average molecular weight is 599 g/mol. The van der Waals surface area contributed by atoms with E-state index in [2.05, 4.69) is 32.0 Å². The van der Waals surface area contributed by atoms with Crippen LogP contribution in [0.5, 0.6) is 5.75 Å². The summed E-state index contributed by atoms with van der Waals surface area (Å²) in [6.07, 6.45) is 1.67. The Morgan fingerprint density at radius 1 is 1.17 bits per heavy atom. The minimum Gasteiger partial charge on any atom is -0.492 e. The van der Waals surface area contributed by atoms with E-state index in [0.29, 0.717) is 46.1 Å². The van der Waals surface area contributed by atoms with Gasteiger partial charge in [0.2, 0.25) is 5.95 Å². The van der Waals surface area contributed by atoms with E-state index in [-0.39, 0.29) is 25.7 Å². The van der Waals surface area contributed by atoms with Crippen molar-refractivity contribution in [2.75, 3.05) is 67.7 Å². The van der Waals surface area contributed by atoms with Gasteiger partial charge in [-0.1, -0.05) is 23.4 Å². The summed E-state index contributed by atoms with van der Waals surface area (Å²) in [6, 6.07) is 5.34. The smallest absolute Gasteiger partial charge is 0.331 e. The summed E-state index contributed by atoms with van der Waals surface area (Å²) in [4.78, 5) is 28.1. The molecule has 1 aromatic carbocycles. The van der Waals surface area contributed by atoms with Crippen molar-refractivity contribution in [3.05, 3.63) is 50.8 Å². The molecule has 3 aliphatic rings. The van der Waals surface area contributed by atoms with Gasteiger partial charge in [0.05, 0.1) is 38.6 Å². The number of fused-ring (bicyclic) bond motifs is 3. The van der Waals surface area contributed by atoms with Crippen LogP contribution in [0.2, 0.25) is 4.34 Å². The molecule has 214 valence electrons. The number of hydrogen-bond donors (Lipinski definition) is 1. The minimum atomic E-state index is -0.731. The first kappa shape index (κ1) is 27.7. The fourth-order valence-electron chi connectivity index (χ4n) is 4.88. The van der Waals surface area contributed by atoms with Crippen LogP contribution < -0.4 is 19.9 Å². The van der Waals surface area contributed by atoms with Crippen molar-refractivity contribution in [1.82, 2.24) is 14.9 Å². The number of benzene rings is 1. The molecule has 0 radical (unpaired) electrons. The van der Waals surface area contributed by atoms with E-state index in [4.69, 9.17) is 25.8 Å². The summed E-state index contributed by atoms with van der Waals surface area (Å²) in [5.74, 6) is 7.50. The van der Waals surface area contributed by atoms with Crippen LogP contribution in [0.3, 0.4) is 0 Å². The topological polar surface area (TPSA) is 92.3 Å². The lowest BCUT2D eigenvalue weighted by Crippen LogP contribution is -2.48. The molecule has 3 aliphatic heterocycles. The lowest BCUT2D eigenvalue weighted by molar-refractivity contribution is 0.0321. The van der Waals surface area contributed by atoms with Gasteiger partial charge < -0.3 is 19.5 Å².